The third kappa shape index (κ3) is 5.31. The van der Waals surface area contributed by atoms with Crippen molar-refractivity contribution in [3.63, 3.8) is 0 Å². The van der Waals surface area contributed by atoms with Crippen molar-refractivity contribution in [2.24, 2.45) is 0 Å². The van der Waals surface area contributed by atoms with Crippen molar-refractivity contribution in [3.05, 3.63) is 35.9 Å². The summed E-state index contributed by atoms with van der Waals surface area (Å²) in [6, 6.07) is 10.1. The Morgan fingerprint density at radius 1 is 1.32 bits per heavy atom. The maximum atomic E-state index is 11.8. The van der Waals surface area contributed by atoms with E-state index in [0.29, 0.717) is 13.1 Å². The zero-order chi connectivity index (χ0) is 15.8. The van der Waals surface area contributed by atoms with E-state index in [1.54, 1.807) is 0 Å². The summed E-state index contributed by atoms with van der Waals surface area (Å²) < 4.78 is 0.801. The van der Waals surface area contributed by atoms with Gasteiger partial charge >= 0.3 is 0 Å². The quantitative estimate of drug-likeness (QED) is 0.725. The lowest BCUT2D eigenvalue weighted by molar-refractivity contribution is -0.120. The average molecular weight is 336 g/mol. The van der Waals surface area contributed by atoms with Crippen molar-refractivity contribution in [1.29, 1.82) is 0 Å². The predicted octanol–water partition coefficient (Wildman–Crippen LogP) is 3.16. The van der Waals surface area contributed by atoms with Crippen LogP contribution in [0, 0.1) is 0 Å². The molecular formula is C15H20N4OS2. The number of carbonyl (C=O) groups is 1. The second-order valence-electron chi connectivity index (χ2n) is 4.76. The average Bonchev–Trinajstić information content (AvgIpc) is 2.99. The zero-order valence-electron chi connectivity index (χ0n) is 12.7. The SMILES string of the molecule is CCCNC(=O)C(C)Sc1nnc(NCc2ccccc2)s1. The molecule has 0 bridgehead atoms. The smallest absolute Gasteiger partial charge is 0.233 e. The van der Waals surface area contributed by atoms with E-state index < -0.39 is 0 Å². The van der Waals surface area contributed by atoms with E-state index in [0.717, 1.165) is 15.9 Å². The standard InChI is InChI=1S/C15H20N4OS2/c1-3-9-16-13(20)11(2)21-15-19-18-14(22-15)17-10-12-7-5-4-6-8-12/h4-8,11H,3,9-10H2,1-2H3,(H,16,20)(H,17,18). The number of hydrogen-bond acceptors (Lipinski definition) is 6. The van der Waals surface area contributed by atoms with E-state index in [1.807, 2.05) is 32.0 Å². The molecule has 2 rings (SSSR count). The Hall–Kier alpha value is -1.60. The molecule has 22 heavy (non-hydrogen) atoms. The van der Waals surface area contributed by atoms with E-state index in [1.165, 1.54) is 28.7 Å². The fourth-order valence-electron chi connectivity index (χ4n) is 1.70. The van der Waals surface area contributed by atoms with Gasteiger partial charge < -0.3 is 10.6 Å². The number of carbonyl (C=O) groups excluding carboxylic acids is 1. The van der Waals surface area contributed by atoms with Gasteiger partial charge in [-0.2, -0.15) is 0 Å². The minimum Gasteiger partial charge on any atom is -0.356 e. The van der Waals surface area contributed by atoms with Crippen molar-refractivity contribution in [2.45, 2.75) is 36.4 Å². The number of nitrogens with zero attached hydrogens (tertiary/aromatic N) is 2. The van der Waals surface area contributed by atoms with Crippen molar-refractivity contribution in [3.8, 4) is 0 Å². The van der Waals surface area contributed by atoms with Crippen LogP contribution < -0.4 is 10.6 Å². The zero-order valence-corrected chi connectivity index (χ0v) is 14.3. The maximum absolute atomic E-state index is 11.8. The molecule has 0 fully saturated rings. The third-order valence-corrected chi connectivity index (χ3v) is 4.95. The molecule has 0 saturated carbocycles. The molecule has 5 nitrogen and oxygen atoms in total. The van der Waals surface area contributed by atoms with E-state index in [-0.39, 0.29) is 11.2 Å². The summed E-state index contributed by atoms with van der Waals surface area (Å²) >= 11 is 2.91. The van der Waals surface area contributed by atoms with Crippen LogP contribution in [0.2, 0.25) is 0 Å². The molecule has 1 unspecified atom stereocenters. The summed E-state index contributed by atoms with van der Waals surface area (Å²) in [5.41, 5.74) is 1.19. The number of amides is 1. The highest BCUT2D eigenvalue weighted by Crippen LogP contribution is 2.29. The molecule has 1 amide bonds. The number of benzene rings is 1. The molecular weight excluding hydrogens is 316 g/mol. The van der Waals surface area contributed by atoms with E-state index >= 15 is 0 Å². The van der Waals surface area contributed by atoms with Crippen LogP contribution in [0.3, 0.4) is 0 Å². The normalized spacial score (nSPS) is 11.9. The maximum Gasteiger partial charge on any atom is 0.233 e. The van der Waals surface area contributed by atoms with E-state index in [9.17, 15) is 4.79 Å². The highest BCUT2D eigenvalue weighted by atomic mass is 32.2. The van der Waals surface area contributed by atoms with Gasteiger partial charge in [0.25, 0.3) is 0 Å². The van der Waals surface area contributed by atoms with Crippen LogP contribution in [0.5, 0.6) is 0 Å². The fraction of sp³-hybridized carbons (Fsp3) is 0.400. The van der Waals surface area contributed by atoms with Crippen molar-refractivity contribution < 1.29 is 4.79 Å². The van der Waals surface area contributed by atoms with Crippen LogP contribution >= 0.6 is 23.1 Å². The summed E-state index contributed by atoms with van der Waals surface area (Å²) in [4.78, 5) is 11.8. The van der Waals surface area contributed by atoms with Gasteiger partial charge in [-0.1, -0.05) is 60.4 Å². The molecule has 0 aliphatic heterocycles. The van der Waals surface area contributed by atoms with Gasteiger partial charge in [-0.15, -0.1) is 10.2 Å². The highest BCUT2D eigenvalue weighted by Gasteiger charge is 2.16. The lowest BCUT2D eigenvalue weighted by Gasteiger charge is -2.08. The molecule has 118 valence electrons. The minimum absolute atomic E-state index is 0.0424. The summed E-state index contributed by atoms with van der Waals surface area (Å²) in [5, 5.41) is 15.0. The van der Waals surface area contributed by atoms with Crippen LogP contribution in [-0.4, -0.2) is 27.9 Å². The lowest BCUT2D eigenvalue weighted by atomic mass is 10.2. The van der Waals surface area contributed by atoms with Crippen LogP contribution in [0.25, 0.3) is 0 Å². The Morgan fingerprint density at radius 3 is 2.82 bits per heavy atom. The molecule has 0 aliphatic rings. The first-order chi connectivity index (χ1) is 10.7. The second-order valence-corrected chi connectivity index (χ2v) is 7.33. The van der Waals surface area contributed by atoms with Crippen LogP contribution in [0.1, 0.15) is 25.8 Å². The largest absolute Gasteiger partial charge is 0.356 e. The Balaban J connectivity index is 1.82. The molecule has 2 aromatic rings. The molecule has 2 N–H and O–H groups in total. The molecule has 1 aromatic heterocycles. The summed E-state index contributed by atoms with van der Waals surface area (Å²) in [5.74, 6) is 0.0424. The predicted molar refractivity (Wildman–Crippen MR) is 92.3 cm³/mol. The first-order valence-electron chi connectivity index (χ1n) is 7.24. The van der Waals surface area contributed by atoms with Gasteiger partial charge in [-0.3, -0.25) is 4.79 Å². The van der Waals surface area contributed by atoms with Crippen LogP contribution in [0.4, 0.5) is 5.13 Å². The van der Waals surface area contributed by atoms with E-state index in [4.69, 9.17) is 0 Å². The minimum atomic E-state index is -0.165. The number of thioether (sulfide) groups is 1. The van der Waals surface area contributed by atoms with Gasteiger partial charge in [0, 0.05) is 13.1 Å². The molecule has 0 saturated heterocycles. The van der Waals surface area contributed by atoms with Crippen molar-refractivity contribution in [2.75, 3.05) is 11.9 Å². The first kappa shape index (κ1) is 16.8. The Bertz CT molecular complexity index is 588. The van der Waals surface area contributed by atoms with Gasteiger partial charge in [0.2, 0.25) is 11.0 Å². The Morgan fingerprint density at radius 2 is 2.09 bits per heavy atom. The van der Waals surface area contributed by atoms with Crippen molar-refractivity contribution >= 4 is 34.1 Å². The van der Waals surface area contributed by atoms with E-state index in [2.05, 4.69) is 33.0 Å². The Kier molecular flexibility index (Phi) is 6.67. The molecule has 1 heterocycles. The van der Waals surface area contributed by atoms with Crippen LogP contribution in [0.15, 0.2) is 34.7 Å². The summed E-state index contributed by atoms with van der Waals surface area (Å²) in [6.07, 6.45) is 0.940. The number of hydrogen-bond donors (Lipinski definition) is 2. The van der Waals surface area contributed by atoms with Gasteiger partial charge in [0.05, 0.1) is 5.25 Å². The van der Waals surface area contributed by atoms with Gasteiger partial charge in [-0.25, -0.2) is 0 Å². The monoisotopic (exact) mass is 336 g/mol. The number of anilines is 1. The molecule has 7 heteroatoms. The number of nitrogens with one attached hydrogen (secondary N) is 2. The van der Waals surface area contributed by atoms with Gasteiger partial charge in [0.15, 0.2) is 4.34 Å². The second kappa shape index (κ2) is 8.75. The van der Waals surface area contributed by atoms with Gasteiger partial charge in [-0.05, 0) is 18.9 Å². The molecule has 0 aliphatic carbocycles. The fourth-order valence-corrected chi connectivity index (χ4v) is 3.62. The highest BCUT2D eigenvalue weighted by molar-refractivity contribution is 8.02. The first-order valence-corrected chi connectivity index (χ1v) is 8.94. The molecule has 1 atom stereocenters. The Labute approximate surface area is 138 Å². The molecule has 0 spiro atoms. The third-order valence-electron chi connectivity index (χ3n) is 2.89. The van der Waals surface area contributed by atoms with Crippen molar-refractivity contribution in [1.82, 2.24) is 15.5 Å². The molecule has 0 radical (unpaired) electrons. The van der Waals surface area contributed by atoms with Crippen LogP contribution in [-0.2, 0) is 11.3 Å². The number of aromatic nitrogens is 2. The molecule has 1 aromatic carbocycles. The number of rotatable bonds is 8. The lowest BCUT2D eigenvalue weighted by Crippen LogP contribution is -2.31. The topological polar surface area (TPSA) is 66.9 Å². The summed E-state index contributed by atoms with van der Waals surface area (Å²) in [7, 11) is 0. The summed E-state index contributed by atoms with van der Waals surface area (Å²) in [6.45, 7) is 5.35. The van der Waals surface area contributed by atoms with Gasteiger partial charge in [0.1, 0.15) is 0 Å².